The molecule has 0 aliphatic rings. The minimum atomic E-state index is 0.559. The highest BCUT2D eigenvalue weighted by molar-refractivity contribution is 5.22. The molecule has 0 aliphatic heterocycles. The zero-order valence-electron chi connectivity index (χ0n) is 14.2. The standard InChI is InChI=1S/C18H32N2O/c1-5-20(6-2)13-14-21-15-18-9-7-17(8-10-18)11-12-19-16(3)4/h7-10,16,19H,5-6,11-15H2,1-4H3. The topological polar surface area (TPSA) is 24.5 Å². The Morgan fingerprint density at radius 3 is 2.24 bits per heavy atom. The Morgan fingerprint density at radius 2 is 1.67 bits per heavy atom. The molecule has 3 heteroatoms. The summed E-state index contributed by atoms with van der Waals surface area (Å²) in [5.74, 6) is 0. The Bertz CT molecular complexity index is 358. The van der Waals surface area contributed by atoms with Gasteiger partial charge in [-0.2, -0.15) is 0 Å². The lowest BCUT2D eigenvalue weighted by atomic mass is 10.1. The third-order valence-electron chi connectivity index (χ3n) is 3.70. The minimum Gasteiger partial charge on any atom is -0.375 e. The van der Waals surface area contributed by atoms with Gasteiger partial charge in [0, 0.05) is 12.6 Å². The van der Waals surface area contributed by atoms with Gasteiger partial charge in [-0.05, 0) is 37.2 Å². The van der Waals surface area contributed by atoms with Crippen LogP contribution < -0.4 is 5.32 Å². The monoisotopic (exact) mass is 292 g/mol. The van der Waals surface area contributed by atoms with Crippen LogP contribution in [-0.4, -0.2) is 43.7 Å². The van der Waals surface area contributed by atoms with Crippen LogP contribution in [0.2, 0.25) is 0 Å². The first-order valence-corrected chi connectivity index (χ1v) is 8.27. The Morgan fingerprint density at radius 1 is 1.05 bits per heavy atom. The third-order valence-corrected chi connectivity index (χ3v) is 3.70. The highest BCUT2D eigenvalue weighted by Crippen LogP contribution is 2.06. The van der Waals surface area contributed by atoms with Crippen LogP contribution in [0.5, 0.6) is 0 Å². The van der Waals surface area contributed by atoms with Crippen molar-refractivity contribution >= 4 is 0 Å². The summed E-state index contributed by atoms with van der Waals surface area (Å²) in [7, 11) is 0. The fourth-order valence-corrected chi connectivity index (χ4v) is 2.23. The van der Waals surface area contributed by atoms with E-state index in [0.717, 1.165) is 39.2 Å². The first-order chi connectivity index (χ1) is 10.2. The van der Waals surface area contributed by atoms with Crippen LogP contribution in [-0.2, 0) is 17.8 Å². The number of hydrogen-bond acceptors (Lipinski definition) is 3. The van der Waals surface area contributed by atoms with E-state index in [1.165, 1.54) is 11.1 Å². The summed E-state index contributed by atoms with van der Waals surface area (Å²) in [6.45, 7) is 14.5. The Labute approximate surface area is 130 Å². The number of rotatable bonds is 11. The van der Waals surface area contributed by atoms with Gasteiger partial charge in [0.2, 0.25) is 0 Å². The Hall–Kier alpha value is -0.900. The predicted molar refractivity (Wildman–Crippen MR) is 90.7 cm³/mol. The van der Waals surface area contributed by atoms with E-state index in [0.29, 0.717) is 12.6 Å². The molecule has 1 rings (SSSR count). The number of ether oxygens (including phenoxy) is 1. The predicted octanol–water partition coefficient (Wildman–Crippen LogP) is 3.09. The second kappa shape index (κ2) is 10.8. The van der Waals surface area contributed by atoms with E-state index in [1.54, 1.807) is 0 Å². The van der Waals surface area contributed by atoms with Crippen molar-refractivity contribution in [2.24, 2.45) is 0 Å². The van der Waals surface area contributed by atoms with E-state index in [-0.39, 0.29) is 0 Å². The molecular weight excluding hydrogens is 260 g/mol. The van der Waals surface area contributed by atoms with Gasteiger partial charge in [-0.15, -0.1) is 0 Å². The molecule has 0 bridgehead atoms. The van der Waals surface area contributed by atoms with Crippen molar-refractivity contribution in [1.29, 1.82) is 0 Å². The summed E-state index contributed by atoms with van der Waals surface area (Å²) in [6, 6.07) is 9.35. The van der Waals surface area contributed by atoms with Crippen molar-refractivity contribution in [3.8, 4) is 0 Å². The summed E-state index contributed by atoms with van der Waals surface area (Å²) in [5.41, 5.74) is 2.64. The van der Waals surface area contributed by atoms with Gasteiger partial charge in [0.15, 0.2) is 0 Å². The molecule has 0 aromatic heterocycles. The van der Waals surface area contributed by atoms with Crippen LogP contribution >= 0.6 is 0 Å². The number of likely N-dealkylation sites (N-methyl/N-ethyl adjacent to an activating group) is 1. The summed E-state index contributed by atoms with van der Waals surface area (Å²) >= 11 is 0. The smallest absolute Gasteiger partial charge is 0.0717 e. The molecule has 0 aliphatic carbocycles. The lowest BCUT2D eigenvalue weighted by Crippen LogP contribution is -2.26. The maximum Gasteiger partial charge on any atom is 0.0717 e. The molecule has 0 radical (unpaired) electrons. The van der Waals surface area contributed by atoms with E-state index >= 15 is 0 Å². The maximum absolute atomic E-state index is 5.75. The highest BCUT2D eigenvalue weighted by Gasteiger charge is 2.00. The summed E-state index contributed by atoms with van der Waals surface area (Å²) in [4.78, 5) is 2.38. The van der Waals surface area contributed by atoms with Crippen LogP contribution in [0.4, 0.5) is 0 Å². The molecule has 1 aromatic rings. The van der Waals surface area contributed by atoms with E-state index in [1.807, 2.05) is 0 Å². The molecule has 1 aromatic carbocycles. The molecule has 0 saturated heterocycles. The molecule has 3 nitrogen and oxygen atoms in total. The van der Waals surface area contributed by atoms with Crippen molar-refractivity contribution < 1.29 is 4.74 Å². The third kappa shape index (κ3) is 8.20. The first kappa shape index (κ1) is 18.1. The molecule has 0 fully saturated rings. The second-order valence-electron chi connectivity index (χ2n) is 5.75. The van der Waals surface area contributed by atoms with Gasteiger partial charge in [-0.3, -0.25) is 0 Å². The zero-order valence-corrected chi connectivity index (χ0v) is 14.2. The van der Waals surface area contributed by atoms with Crippen molar-refractivity contribution in [1.82, 2.24) is 10.2 Å². The number of nitrogens with zero attached hydrogens (tertiary/aromatic N) is 1. The molecule has 120 valence electrons. The average Bonchev–Trinajstić information content (AvgIpc) is 2.48. The minimum absolute atomic E-state index is 0.559. The molecular formula is C18H32N2O. The molecule has 0 amide bonds. The van der Waals surface area contributed by atoms with Gasteiger partial charge >= 0.3 is 0 Å². The van der Waals surface area contributed by atoms with Gasteiger partial charge < -0.3 is 15.0 Å². The quantitative estimate of drug-likeness (QED) is 0.634. The van der Waals surface area contributed by atoms with Gasteiger partial charge in [0.1, 0.15) is 0 Å². The molecule has 0 heterocycles. The fourth-order valence-electron chi connectivity index (χ4n) is 2.23. The van der Waals surface area contributed by atoms with Crippen LogP contribution in [0.1, 0.15) is 38.8 Å². The van der Waals surface area contributed by atoms with E-state index in [2.05, 4.69) is 62.2 Å². The van der Waals surface area contributed by atoms with E-state index in [9.17, 15) is 0 Å². The van der Waals surface area contributed by atoms with Crippen LogP contribution in [0.15, 0.2) is 24.3 Å². The number of hydrogen-bond donors (Lipinski definition) is 1. The lowest BCUT2D eigenvalue weighted by Gasteiger charge is -2.17. The molecule has 0 saturated carbocycles. The second-order valence-corrected chi connectivity index (χ2v) is 5.75. The van der Waals surface area contributed by atoms with Gasteiger partial charge in [-0.25, -0.2) is 0 Å². The maximum atomic E-state index is 5.75. The largest absolute Gasteiger partial charge is 0.375 e. The van der Waals surface area contributed by atoms with Crippen molar-refractivity contribution in [2.75, 3.05) is 32.8 Å². The van der Waals surface area contributed by atoms with Crippen molar-refractivity contribution in [2.45, 2.75) is 46.8 Å². The summed E-state index contributed by atoms with van der Waals surface area (Å²) in [5, 5.41) is 3.44. The molecule has 0 spiro atoms. The fraction of sp³-hybridized carbons (Fsp3) is 0.667. The van der Waals surface area contributed by atoms with Crippen molar-refractivity contribution in [3.63, 3.8) is 0 Å². The lowest BCUT2D eigenvalue weighted by molar-refractivity contribution is 0.0956. The van der Waals surface area contributed by atoms with Gasteiger partial charge in [0.05, 0.1) is 13.2 Å². The van der Waals surface area contributed by atoms with Crippen LogP contribution in [0, 0.1) is 0 Å². The normalized spacial score (nSPS) is 11.5. The summed E-state index contributed by atoms with van der Waals surface area (Å²) < 4.78 is 5.75. The Balaban J connectivity index is 2.21. The number of benzene rings is 1. The zero-order chi connectivity index (χ0) is 15.5. The summed E-state index contributed by atoms with van der Waals surface area (Å²) in [6.07, 6.45) is 1.08. The SMILES string of the molecule is CCN(CC)CCOCc1ccc(CCNC(C)C)cc1. The molecule has 21 heavy (non-hydrogen) atoms. The van der Waals surface area contributed by atoms with Crippen LogP contribution in [0.3, 0.4) is 0 Å². The van der Waals surface area contributed by atoms with Crippen LogP contribution in [0.25, 0.3) is 0 Å². The van der Waals surface area contributed by atoms with Crippen molar-refractivity contribution in [3.05, 3.63) is 35.4 Å². The number of nitrogens with one attached hydrogen (secondary N) is 1. The molecule has 1 N–H and O–H groups in total. The van der Waals surface area contributed by atoms with E-state index < -0.39 is 0 Å². The highest BCUT2D eigenvalue weighted by atomic mass is 16.5. The first-order valence-electron chi connectivity index (χ1n) is 8.27. The average molecular weight is 292 g/mol. The molecule has 0 unspecified atom stereocenters. The molecule has 0 atom stereocenters. The van der Waals surface area contributed by atoms with Gasteiger partial charge in [-0.1, -0.05) is 52.0 Å². The van der Waals surface area contributed by atoms with Gasteiger partial charge in [0.25, 0.3) is 0 Å². The Kier molecular flexibility index (Phi) is 9.31. The van der Waals surface area contributed by atoms with E-state index in [4.69, 9.17) is 4.74 Å².